The zero-order chi connectivity index (χ0) is 11.6. The third-order valence-electron chi connectivity index (χ3n) is 3.37. The summed E-state index contributed by atoms with van der Waals surface area (Å²) in [6.45, 7) is 4.05. The highest BCUT2D eigenvalue weighted by atomic mass is 16.4. The lowest BCUT2D eigenvalue weighted by atomic mass is 9.93. The fourth-order valence-electron chi connectivity index (χ4n) is 2.51. The number of nitrogens with zero attached hydrogens (tertiary/aromatic N) is 1. The van der Waals surface area contributed by atoms with Gasteiger partial charge < -0.3 is 10.2 Å². The number of hydrogen-bond acceptors (Lipinski definition) is 3. The molecule has 0 radical (unpaired) electrons. The van der Waals surface area contributed by atoms with Crippen LogP contribution in [-0.4, -0.2) is 45.2 Å². The van der Waals surface area contributed by atoms with Gasteiger partial charge in [-0.2, -0.15) is 0 Å². The van der Waals surface area contributed by atoms with Gasteiger partial charge in [0.1, 0.15) is 11.6 Å². The second-order valence-electron chi connectivity index (χ2n) is 3.87. The van der Waals surface area contributed by atoms with Crippen LogP contribution in [0.25, 0.3) is 0 Å². The summed E-state index contributed by atoms with van der Waals surface area (Å²) in [6, 6.07) is -0.647. The molecule has 0 aliphatic carbocycles. The van der Waals surface area contributed by atoms with Crippen LogP contribution in [0.3, 0.4) is 0 Å². The Morgan fingerprint density at radius 2 is 2.00 bits per heavy atom. The van der Waals surface area contributed by atoms with Crippen LogP contribution >= 0.6 is 0 Å². The number of aliphatic carboxylic acids is 2. The van der Waals surface area contributed by atoms with Crippen molar-refractivity contribution in [2.24, 2.45) is 0 Å². The fourth-order valence-corrected chi connectivity index (χ4v) is 2.51. The second-order valence-corrected chi connectivity index (χ2v) is 3.87. The van der Waals surface area contributed by atoms with E-state index < -0.39 is 23.5 Å². The predicted octanol–water partition coefficient (Wildman–Crippen LogP) is 0.789. The zero-order valence-corrected chi connectivity index (χ0v) is 9.06. The lowest BCUT2D eigenvalue weighted by Crippen LogP contribution is -2.54. The number of rotatable bonds is 4. The van der Waals surface area contributed by atoms with Gasteiger partial charge in [-0.05, 0) is 25.8 Å². The standard InChI is InChI=1S/C10H17NO4/c1-3-10(9(14)15)6-5-7(8(12)13)11(10)4-2/h7H,3-6H2,1-2H3,(H,12,13)(H,14,15)/t7-,10+/m1/s1. The zero-order valence-electron chi connectivity index (χ0n) is 9.06. The van der Waals surface area contributed by atoms with Crippen molar-refractivity contribution in [1.82, 2.24) is 4.90 Å². The highest BCUT2D eigenvalue weighted by molar-refractivity contribution is 5.82. The van der Waals surface area contributed by atoms with Gasteiger partial charge >= 0.3 is 11.9 Å². The average molecular weight is 215 g/mol. The van der Waals surface area contributed by atoms with Crippen molar-refractivity contribution in [3.05, 3.63) is 0 Å². The number of likely N-dealkylation sites (tertiary alicyclic amines) is 1. The van der Waals surface area contributed by atoms with Crippen LogP contribution in [0.4, 0.5) is 0 Å². The summed E-state index contributed by atoms with van der Waals surface area (Å²) in [5, 5.41) is 18.2. The van der Waals surface area contributed by atoms with Gasteiger partial charge in [-0.25, -0.2) is 0 Å². The van der Waals surface area contributed by atoms with Crippen molar-refractivity contribution in [1.29, 1.82) is 0 Å². The Balaban J connectivity index is 3.02. The van der Waals surface area contributed by atoms with Crippen molar-refractivity contribution in [2.75, 3.05) is 6.54 Å². The van der Waals surface area contributed by atoms with Gasteiger partial charge in [0, 0.05) is 0 Å². The molecule has 0 bridgehead atoms. The molecule has 0 saturated carbocycles. The molecule has 86 valence electrons. The monoisotopic (exact) mass is 215 g/mol. The molecule has 1 heterocycles. The third-order valence-corrected chi connectivity index (χ3v) is 3.37. The molecule has 0 aromatic heterocycles. The van der Waals surface area contributed by atoms with E-state index in [1.165, 1.54) is 0 Å². The molecule has 1 aliphatic heterocycles. The highest BCUT2D eigenvalue weighted by Gasteiger charge is 2.52. The summed E-state index contributed by atoms with van der Waals surface area (Å²) in [5.41, 5.74) is -0.974. The van der Waals surface area contributed by atoms with Crippen LogP contribution in [0.5, 0.6) is 0 Å². The molecule has 5 heteroatoms. The van der Waals surface area contributed by atoms with Gasteiger partial charge in [0.15, 0.2) is 0 Å². The quantitative estimate of drug-likeness (QED) is 0.725. The summed E-state index contributed by atoms with van der Waals surface area (Å²) >= 11 is 0. The van der Waals surface area contributed by atoms with E-state index in [1.54, 1.807) is 18.7 Å². The van der Waals surface area contributed by atoms with E-state index >= 15 is 0 Å². The van der Waals surface area contributed by atoms with Gasteiger partial charge in [-0.3, -0.25) is 14.5 Å². The molecular weight excluding hydrogens is 198 g/mol. The average Bonchev–Trinajstić information content (AvgIpc) is 2.56. The van der Waals surface area contributed by atoms with E-state index in [4.69, 9.17) is 5.11 Å². The van der Waals surface area contributed by atoms with Crippen molar-refractivity contribution in [3.8, 4) is 0 Å². The Kier molecular flexibility index (Phi) is 3.34. The Hall–Kier alpha value is -1.10. The molecule has 0 amide bonds. The molecular formula is C10H17NO4. The van der Waals surface area contributed by atoms with Crippen molar-refractivity contribution < 1.29 is 19.8 Å². The van der Waals surface area contributed by atoms with Crippen LogP contribution in [0, 0.1) is 0 Å². The molecule has 0 aromatic rings. The van der Waals surface area contributed by atoms with E-state index in [9.17, 15) is 14.7 Å². The second kappa shape index (κ2) is 4.18. The molecule has 1 fully saturated rings. The molecule has 5 nitrogen and oxygen atoms in total. The van der Waals surface area contributed by atoms with E-state index in [0.29, 0.717) is 25.8 Å². The topological polar surface area (TPSA) is 77.8 Å². The third kappa shape index (κ3) is 1.71. The largest absolute Gasteiger partial charge is 0.480 e. The van der Waals surface area contributed by atoms with Gasteiger partial charge in [-0.1, -0.05) is 13.8 Å². The molecule has 0 spiro atoms. The molecule has 2 N–H and O–H groups in total. The Morgan fingerprint density at radius 3 is 2.33 bits per heavy atom. The first-order chi connectivity index (χ1) is 6.99. The predicted molar refractivity (Wildman–Crippen MR) is 53.7 cm³/mol. The summed E-state index contributed by atoms with van der Waals surface area (Å²) in [7, 11) is 0. The number of hydrogen-bond donors (Lipinski definition) is 2. The lowest BCUT2D eigenvalue weighted by Gasteiger charge is -2.35. The van der Waals surface area contributed by atoms with E-state index in [0.717, 1.165) is 0 Å². The number of carboxylic acid groups (broad SMARTS) is 2. The minimum Gasteiger partial charge on any atom is -0.480 e. The van der Waals surface area contributed by atoms with Gasteiger partial charge in [0.25, 0.3) is 0 Å². The molecule has 1 saturated heterocycles. The molecule has 15 heavy (non-hydrogen) atoms. The van der Waals surface area contributed by atoms with Gasteiger partial charge in [-0.15, -0.1) is 0 Å². The van der Waals surface area contributed by atoms with E-state index in [1.807, 2.05) is 0 Å². The number of carboxylic acids is 2. The SMILES string of the molecule is CCN1[C@@H](C(=O)O)CC[C@@]1(CC)C(=O)O. The molecule has 1 rings (SSSR count). The normalized spacial score (nSPS) is 31.7. The maximum absolute atomic E-state index is 11.3. The first kappa shape index (κ1) is 12.0. The minimum absolute atomic E-state index is 0.420. The first-order valence-corrected chi connectivity index (χ1v) is 5.22. The Labute approximate surface area is 88.7 Å². The molecule has 2 atom stereocenters. The first-order valence-electron chi connectivity index (χ1n) is 5.22. The van der Waals surface area contributed by atoms with Crippen molar-refractivity contribution in [3.63, 3.8) is 0 Å². The Morgan fingerprint density at radius 1 is 1.40 bits per heavy atom. The van der Waals surface area contributed by atoms with Crippen LogP contribution in [0.15, 0.2) is 0 Å². The number of carbonyl (C=O) groups is 2. The molecule has 0 aromatic carbocycles. The summed E-state index contributed by atoms with van der Waals surface area (Å²) < 4.78 is 0. The summed E-state index contributed by atoms with van der Waals surface area (Å²) in [4.78, 5) is 23.8. The van der Waals surface area contributed by atoms with Crippen molar-refractivity contribution >= 4 is 11.9 Å². The summed E-state index contributed by atoms with van der Waals surface area (Å²) in [6.07, 6.45) is 1.28. The minimum atomic E-state index is -0.974. The maximum Gasteiger partial charge on any atom is 0.324 e. The number of likely N-dealkylation sites (N-methyl/N-ethyl adjacent to an activating group) is 1. The van der Waals surface area contributed by atoms with E-state index in [2.05, 4.69) is 0 Å². The maximum atomic E-state index is 11.3. The Bertz CT molecular complexity index is 279. The van der Waals surface area contributed by atoms with E-state index in [-0.39, 0.29) is 0 Å². The van der Waals surface area contributed by atoms with Crippen molar-refractivity contribution in [2.45, 2.75) is 44.7 Å². The summed E-state index contributed by atoms with van der Waals surface area (Å²) in [5.74, 6) is -1.83. The lowest BCUT2D eigenvalue weighted by molar-refractivity contribution is -0.154. The highest BCUT2D eigenvalue weighted by Crippen LogP contribution is 2.36. The van der Waals surface area contributed by atoms with Crippen LogP contribution in [-0.2, 0) is 9.59 Å². The fraction of sp³-hybridized carbons (Fsp3) is 0.800. The molecule has 1 aliphatic rings. The van der Waals surface area contributed by atoms with Gasteiger partial charge in [0.2, 0.25) is 0 Å². The van der Waals surface area contributed by atoms with Crippen LogP contribution in [0.2, 0.25) is 0 Å². The van der Waals surface area contributed by atoms with Gasteiger partial charge in [0.05, 0.1) is 0 Å². The smallest absolute Gasteiger partial charge is 0.324 e. The van der Waals surface area contributed by atoms with Crippen LogP contribution in [0.1, 0.15) is 33.1 Å². The van der Waals surface area contributed by atoms with Crippen LogP contribution < -0.4 is 0 Å². The molecule has 0 unspecified atom stereocenters.